The van der Waals surface area contributed by atoms with E-state index in [0.29, 0.717) is 57.1 Å². The Labute approximate surface area is 139 Å². The molecule has 2 heterocycles. The molecule has 0 saturated heterocycles. The van der Waals surface area contributed by atoms with E-state index in [1.54, 1.807) is 23.7 Å². The average molecular weight is 332 g/mol. The molecule has 3 rings (SSSR count). The second-order valence-corrected chi connectivity index (χ2v) is 5.75. The third-order valence-electron chi connectivity index (χ3n) is 4.15. The number of rotatable bonds is 2. The Bertz CT molecular complexity index is 671. The van der Waals surface area contributed by atoms with E-state index in [0.717, 1.165) is 11.1 Å². The number of hydrogen-bond acceptors (Lipinski definition) is 5. The molecule has 128 valence electrons. The summed E-state index contributed by atoms with van der Waals surface area (Å²) in [6.07, 6.45) is 3.19. The molecule has 0 fully saturated rings. The van der Waals surface area contributed by atoms with Crippen molar-refractivity contribution in [1.82, 2.24) is 10.4 Å². The molecule has 2 N–H and O–H groups in total. The maximum Gasteiger partial charge on any atom is 0.274 e. The second-order valence-electron chi connectivity index (χ2n) is 5.75. The van der Waals surface area contributed by atoms with Gasteiger partial charge in [-0.05, 0) is 18.6 Å². The minimum Gasteiger partial charge on any atom is -0.493 e. The Balaban J connectivity index is 1.82. The lowest BCUT2D eigenvalue weighted by molar-refractivity contribution is -0.128. The highest BCUT2D eigenvalue weighted by Gasteiger charge is 2.23. The van der Waals surface area contributed by atoms with Crippen molar-refractivity contribution < 1.29 is 24.3 Å². The van der Waals surface area contributed by atoms with Crippen LogP contribution in [-0.2, 0) is 16.1 Å². The van der Waals surface area contributed by atoms with Crippen molar-refractivity contribution in [2.75, 3.05) is 26.4 Å². The van der Waals surface area contributed by atoms with Gasteiger partial charge < -0.3 is 14.4 Å². The first kappa shape index (κ1) is 16.5. The van der Waals surface area contributed by atoms with Crippen LogP contribution in [0.25, 0.3) is 0 Å². The summed E-state index contributed by atoms with van der Waals surface area (Å²) in [6, 6.07) is 4.94. The first-order valence-corrected chi connectivity index (χ1v) is 7.95. The molecule has 2 aliphatic rings. The molecule has 0 bridgehead atoms. The van der Waals surface area contributed by atoms with Crippen molar-refractivity contribution in [2.45, 2.75) is 19.4 Å². The summed E-state index contributed by atoms with van der Waals surface area (Å²) in [5, 5.41) is 8.74. The predicted octanol–water partition coefficient (Wildman–Crippen LogP) is 1.26. The molecule has 0 aromatic heterocycles. The highest BCUT2D eigenvalue weighted by molar-refractivity contribution is 5.94. The molecular formula is C17H20N2O5. The van der Waals surface area contributed by atoms with Crippen LogP contribution in [0, 0.1) is 0 Å². The summed E-state index contributed by atoms with van der Waals surface area (Å²) >= 11 is 0. The molecule has 7 heteroatoms. The number of benzene rings is 1. The van der Waals surface area contributed by atoms with Crippen LogP contribution in [0.5, 0.6) is 5.75 Å². The molecule has 0 unspecified atom stereocenters. The summed E-state index contributed by atoms with van der Waals surface area (Å²) in [6.45, 7) is 2.56. The third kappa shape index (κ3) is 3.58. The van der Waals surface area contributed by atoms with Crippen molar-refractivity contribution in [1.29, 1.82) is 0 Å². The van der Waals surface area contributed by atoms with Gasteiger partial charge in [0.15, 0.2) is 0 Å². The van der Waals surface area contributed by atoms with Crippen LogP contribution in [0.3, 0.4) is 0 Å². The van der Waals surface area contributed by atoms with E-state index in [9.17, 15) is 9.59 Å². The fourth-order valence-electron chi connectivity index (χ4n) is 2.85. The Kier molecular flexibility index (Phi) is 5.12. The first-order valence-electron chi connectivity index (χ1n) is 7.95. The van der Waals surface area contributed by atoms with E-state index in [1.807, 2.05) is 11.0 Å². The van der Waals surface area contributed by atoms with Gasteiger partial charge in [0.25, 0.3) is 5.91 Å². The van der Waals surface area contributed by atoms with Crippen molar-refractivity contribution >= 4 is 11.8 Å². The van der Waals surface area contributed by atoms with Crippen molar-refractivity contribution in [3.63, 3.8) is 0 Å². The molecule has 1 aromatic carbocycles. The number of carbonyl (C=O) groups is 2. The van der Waals surface area contributed by atoms with Crippen LogP contribution in [0.2, 0.25) is 0 Å². The van der Waals surface area contributed by atoms with Gasteiger partial charge >= 0.3 is 0 Å². The number of hydrogen-bond donors (Lipinski definition) is 2. The lowest BCUT2D eigenvalue weighted by atomic mass is 10.1. The zero-order chi connectivity index (χ0) is 16.9. The second kappa shape index (κ2) is 7.46. The number of nitrogens with one attached hydrogen (secondary N) is 1. The van der Waals surface area contributed by atoms with E-state index in [2.05, 4.69) is 0 Å². The molecular weight excluding hydrogens is 312 g/mol. The van der Waals surface area contributed by atoms with E-state index in [-0.39, 0.29) is 5.91 Å². The van der Waals surface area contributed by atoms with E-state index in [4.69, 9.17) is 14.7 Å². The van der Waals surface area contributed by atoms with E-state index < -0.39 is 5.91 Å². The maximum atomic E-state index is 12.7. The fraction of sp³-hybridized carbons (Fsp3) is 0.412. The van der Waals surface area contributed by atoms with Crippen LogP contribution in [0.4, 0.5) is 0 Å². The number of fused-ring (bicyclic) bond motifs is 1. The molecule has 24 heavy (non-hydrogen) atoms. The van der Waals surface area contributed by atoms with Crippen molar-refractivity contribution in [3.8, 4) is 5.75 Å². The maximum absolute atomic E-state index is 12.7. The zero-order valence-electron chi connectivity index (χ0n) is 13.3. The van der Waals surface area contributed by atoms with Gasteiger partial charge in [0.05, 0.1) is 19.8 Å². The molecule has 0 atom stereocenters. The Hall–Kier alpha value is -2.38. The van der Waals surface area contributed by atoms with Gasteiger partial charge in [0, 0.05) is 36.2 Å². The summed E-state index contributed by atoms with van der Waals surface area (Å²) in [5.41, 5.74) is 3.55. The van der Waals surface area contributed by atoms with Crippen LogP contribution in [-0.4, -0.2) is 48.3 Å². The lowest BCUT2D eigenvalue weighted by Gasteiger charge is -2.28. The predicted molar refractivity (Wildman–Crippen MR) is 84.7 cm³/mol. The van der Waals surface area contributed by atoms with Crippen LogP contribution in [0.15, 0.2) is 29.8 Å². The van der Waals surface area contributed by atoms with Gasteiger partial charge in [-0.15, -0.1) is 0 Å². The molecule has 0 spiro atoms. The quantitative estimate of drug-likeness (QED) is 0.629. The number of amides is 2. The van der Waals surface area contributed by atoms with Gasteiger partial charge in [-0.1, -0.05) is 12.1 Å². The smallest absolute Gasteiger partial charge is 0.274 e. The minimum absolute atomic E-state index is 0.0309. The molecule has 0 saturated carbocycles. The molecule has 1 aromatic rings. The normalized spacial score (nSPS) is 17.7. The Morgan fingerprint density at radius 2 is 2.12 bits per heavy atom. The SMILES string of the molecule is O=C(NO)c1ccc2c(c1)OCCCN(C(=O)C1=CCOCC1)C2. The van der Waals surface area contributed by atoms with Crippen LogP contribution in [0.1, 0.15) is 28.8 Å². The topological polar surface area (TPSA) is 88.1 Å². The first-order chi connectivity index (χ1) is 11.7. The summed E-state index contributed by atoms with van der Waals surface area (Å²) in [4.78, 5) is 26.1. The van der Waals surface area contributed by atoms with E-state index in [1.165, 1.54) is 0 Å². The molecule has 7 nitrogen and oxygen atoms in total. The number of carbonyl (C=O) groups excluding carboxylic acids is 2. The number of ether oxygens (including phenoxy) is 2. The van der Waals surface area contributed by atoms with Gasteiger partial charge in [-0.2, -0.15) is 0 Å². The van der Waals surface area contributed by atoms with Crippen LogP contribution < -0.4 is 10.2 Å². The summed E-state index contributed by atoms with van der Waals surface area (Å²) in [7, 11) is 0. The molecule has 0 radical (unpaired) electrons. The third-order valence-corrected chi connectivity index (χ3v) is 4.15. The Morgan fingerprint density at radius 3 is 2.88 bits per heavy atom. The van der Waals surface area contributed by atoms with Gasteiger partial charge in [0.1, 0.15) is 5.75 Å². The Morgan fingerprint density at radius 1 is 1.25 bits per heavy atom. The lowest BCUT2D eigenvalue weighted by Crippen LogP contribution is -2.35. The highest BCUT2D eigenvalue weighted by atomic mass is 16.5. The molecule has 0 aliphatic carbocycles. The van der Waals surface area contributed by atoms with E-state index >= 15 is 0 Å². The highest BCUT2D eigenvalue weighted by Crippen LogP contribution is 2.25. The van der Waals surface area contributed by atoms with Gasteiger partial charge in [-0.3, -0.25) is 14.8 Å². The number of nitrogens with zero attached hydrogens (tertiary/aromatic N) is 1. The van der Waals surface area contributed by atoms with Crippen LogP contribution >= 0.6 is 0 Å². The molecule has 2 aliphatic heterocycles. The number of hydroxylamine groups is 1. The monoisotopic (exact) mass is 332 g/mol. The fourth-order valence-corrected chi connectivity index (χ4v) is 2.85. The van der Waals surface area contributed by atoms with Crippen molar-refractivity contribution in [2.24, 2.45) is 0 Å². The zero-order valence-corrected chi connectivity index (χ0v) is 13.3. The van der Waals surface area contributed by atoms with Crippen molar-refractivity contribution in [3.05, 3.63) is 41.0 Å². The molecule has 2 amide bonds. The summed E-state index contributed by atoms with van der Waals surface area (Å²) in [5.74, 6) is 0.00152. The standard InChI is InChI=1S/C17H20N2O5/c20-16(18-22)13-2-3-14-11-19(6-1-7-24-15(14)10-13)17(21)12-4-8-23-9-5-12/h2-4,10,22H,1,5-9,11H2,(H,18,20). The minimum atomic E-state index is -0.594. The summed E-state index contributed by atoms with van der Waals surface area (Å²) < 4.78 is 11.0. The van der Waals surface area contributed by atoms with Gasteiger partial charge in [0.2, 0.25) is 5.91 Å². The average Bonchev–Trinajstić information content (AvgIpc) is 2.61. The van der Waals surface area contributed by atoms with Gasteiger partial charge in [-0.25, -0.2) is 5.48 Å². The largest absolute Gasteiger partial charge is 0.493 e.